The molecule has 0 aliphatic carbocycles. The minimum atomic E-state index is -0.824. The largest absolute Gasteiger partial charge is 0.349 e. The van der Waals surface area contributed by atoms with Crippen molar-refractivity contribution in [2.75, 3.05) is 40.5 Å². The van der Waals surface area contributed by atoms with E-state index in [1.54, 1.807) is 0 Å². The van der Waals surface area contributed by atoms with Crippen molar-refractivity contribution in [1.82, 2.24) is 9.80 Å². The first kappa shape index (κ1) is 15.4. The van der Waals surface area contributed by atoms with Gasteiger partial charge >= 0.3 is 0 Å². The lowest BCUT2D eigenvalue weighted by molar-refractivity contribution is 0.480. The molecule has 0 radical (unpaired) electrons. The van der Waals surface area contributed by atoms with Crippen LogP contribution in [0.15, 0.2) is 4.99 Å². The van der Waals surface area contributed by atoms with Crippen LogP contribution in [0.1, 0.15) is 20.8 Å². The van der Waals surface area contributed by atoms with E-state index in [1.165, 1.54) is 0 Å². The second-order valence-electron chi connectivity index (χ2n) is 5.13. The third kappa shape index (κ3) is 5.49. The maximum atomic E-state index is 11.8. The number of rotatable bonds is 3. The van der Waals surface area contributed by atoms with E-state index in [4.69, 9.17) is 0 Å². The van der Waals surface area contributed by atoms with Crippen LogP contribution >= 0.6 is 0 Å². The molecule has 16 heavy (non-hydrogen) atoms. The van der Waals surface area contributed by atoms with Crippen molar-refractivity contribution in [3.63, 3.8) is 0 Å². The van der Waals surface area contributed by atoms with Crippen LogP contribution in [0.25, 0.3) is 0 Å². The molecular formula is C11H25N3OS. The molecular weight excluding hydrogens is 222 g/mol. The number of nitrogens with zero attached hydrogens (tertiary/aromatic N) is 3. The molecule has 96 valence electrons. The Bertz CT molecular complexity index is 257. The van der Waals surface area contributed by atoms with Crippen molar-refractivity contribution in [1.29, 1.82) is 0 Å². The molecule has 0 aromatic rings. The molecule has 0 fully saturated rings. The molecule has 0 rings (SSSR count). The highest BCUT2D eigenvalue weighted by Gasteiger charge is 2.18. The van der Waals surface area contributed by atoms with Gasteiger partial charge in [-0.1, -0.05) is 0 Å². The maximum Gasteiger partial charge on any atom is 0.195 e. The van der Waals surface area contributed by atoms with Crippen LogP contribution in [0.3, 0.4) is 0 Å². The zero-order chi connectivity index (χ0) is 12.9. The van der Waals surface area contributed by atoms with E-state index >= 15 is 0 Å². The summed E-state index contributed by atoms with van der Waals surface area (Å²) in [7, 11) is 7.01. The van der Waals surface area contributed by atoms with Crippen LogP contribution in [-0.2, 0) is 10.8 Å². The van der Waals surface area contributed by atoms with Crippen LogP contribution in [0.2, 0.25) is 0 Å². The highest BCUT2D eigenvalue weighted by molar-refractivity contribution is 7.86. The van der Waals surface area contributed by atoms with Crippen LogP contribution < -0.4 is 0 Å². The van der Waals surface area contributed by atoms with Gasteiger partial charge in [-0.15, -0.1) is 0 Å². The molecule has 0 aromatic heterocycles. The summed E-state index contributed by atoms with van der Waals surface area (Å²) in [6.45, 7) is 6.58. The molecule has 0 N–H and O–H groups in total. The van der Waals surface area contributed by atoms with Crippen molar-refractivity contribution in [2.45, 2.75) is 25.5 Å². The van der Waals surface area contributed by atoms with Gasteiger partial charge in [0.05, 0.1) is 6.54 Å². The predicted octanol–water partition coefficient (Wildman–Crippen LogP) is 1.01. The Morgan fingerprint density at radius 2 is 1.56 bits per heavy atom. The summed E-state index contributed by atoms with van der Waals surface area (Å²) in [5, 5.41) is 0. The predicted molar refractivity (Wildman–Crippen MR) is 72.4 cm³/mol. The van der Waals surface area contributed by atoms with Gasteiger partial charge in [0.25, 0.3) is 0 Å². The topological polar surface area (TPSA) is 35.9 Å². The second kappa shape index (κ2) is 6.23. The second-order valence-corrected chi connectivity index (χ2v) is 7.46. The third-order valence-corrected chi connectivity index (χ3v) is 3.93. The average molecular weight is 247 g/mol. The van der Waals surface area contributed by atoms with E-state index in [2.05, 4.69) is 4.99 Å². The Hall–Kier alpha value is -0.580. The summed E-state index contributed by atoms with van der Waals surface area (Å²) >= 11 is 0. The van der Waals surface area contributed by atoms with E-state index in [9.17, 15) is 4.21 Å². The minimum absolute atomic E-state index is 0.147. The summed E-state index contributed by atoms with van der Waals surface area (Å²) in [6.07, 6.45) is 0. The average Bonchev–Trinajstić information content (AvgIpc) is 2.08. The number of hydrogen-bond donors (Lipinski definition) is 0. The van der Waals surface area contributed by atoms with E-state index in [0.29, 0.717) is 12.3 Å². The first-order valence-electron chi connectivity index (χ1n) is 5.44. The van der Waals surface area contributed by atoms with Gasteiger partial charge in [-0.3, -0.25) is 9.20 Å². The number of hydrogen-bond acceptors (Lipinski definition) is 2. The molecule has 1 atom stereocenters. The van der Waals surface area contributed by atoms with Gasteiger partial charge in [-0.05, 0) is 20.8 Å². The van der Waals surface area contributed by atoms with Gasteiger partial charge in [-0.25, -0.2) is 0 Å². The quantitative estimate of drug-likeness (QED) is 0.552. The summed E-state index contributed by atoms with van der Waals surface area (Å²) in [4.78, 5) is 8.37. The van der Waals surface area contributed by atoms with Crippen molar-refractivity contribution in [3.05, 3.63) is 0 Å². The van der Waals surface area contributed by atoms with Gasteiger partial charge in [0.1, 0.15) is 0 Å². The summed E-state index contributed by atoms with van der Waals surface area (Å²) < 4.78 is 11.7. The van der Waals surface area contributed by atoms with Gasteiger partial charge in [-0.2, -0.15) is 0 Å². The summed E-state index contributed by atoms with van der Waals surface area (Å²) in [5.74, 6) is 1.53. The van der Waals surface area contributed by atoms with Gasteiger partial charge in [0.2, 0.25) is 0 Å². The molecule has 4 nitrogen and oxygen atoms in total. The van der Waals surface area contributed by atoms with Crippen LogP contribution in [0, 0.1) is 0 Å². The van der Waals surface area contributed by atoms with E-state index in [1.807, 2.05) is 58.8 Å². The highest BCUT2D eigenvalue weighted by atomic mass is 32.2. The van der Waals surface area contributed by atoms with Gasteiger partial charge < -0.3 is 9.80 Å². The molecule has 5 heteroatoms. The number of aliphatic imine (C=N–C) groups is 1. The first-order chi connectivity index (χ1) is 7.16. The van der Waals surface area contributed by atoms with Crippen LogP contribution in [-0.4, -0.2) is 65.2 Å². The molecule has 0 unspecified atom stereocenters. The van der Waals surface area contributed by atoms with Gasteiger partial charge in [0.15, 0.2) is 5.96 Å². The Kier molecular flexibility index (Phi) is 6.00. The third-order valence-electron chi connectivity index (χ3n) is 2.01. The fraction of sp³-hybridized carbons (Fsp3) is 0.909. The Morgan fingerprint density at radius 3 is 1.88 bits per heavy atom. The molecule has 0 saturated heterocycles. The molecule has 0 heterocycles. The summed E-state index contributed by atoms with van der Waals surface area (Å²) in [5.41, 5.74) is 0. The van der Waals surface area contributed by atoms with E-state index in [0.717, 1.165) is 5.96 Å². The summed E-state index contributed by atoms with van der Waals surface area (Å²) in [6, 6.07) is 0. The molecule has 0 amide bonds. The molecule has 0 aliphatic heterocycles. The van der Waals surface area contributed by atoms with Crippen LogP contribution in [0.4, 0.5) is 0 Å². The first-order valence-corrected chi connectivity index (χ1v) is 6.75. The maximum absolute atomic E-state index is 11.8. The van der Waals surface area contributed by atoms with Gasteiger partial charge in [0, 0.05) is 49.5 Å². The zero-order valence-electron chi connectivity index (χ0n) is 11.6. The standard InChI is InChI=1S/C11H25N3OS/c1-11(2,3)16(15)9-8-12-10(13(4)5)14(6)7/h8-9H2,1-7H3/t16-/m0/s1. The highest BCUT2D eigenvalue weighted by Crippen LogP contribution is 2.10. The molecule has 0 bridgehead atoms. The van der Waals surface area contributed by atoms with Crippen molar-refractivity contribution < 1.29 is 4.21 Å². The van der Waals surface area contributed by atoms with Crippen molar-refractivity contribution in [2.24, 2.45) is 4.99 Å². The Morgan fingerprint density at radius 1 is 1.12 bits per heavy atom. The lowest BCUT2D eigenvalue weighted by Crippen LogP contribution is -2.36. The zero-order valence-corrected chi connectivity index (χ0v) is 12.4. The van der Waals surface area contributed by atoms with Crippen molar-refractivity contribution in [3.8, 4) is 0 Å². The minimum Gasteiger partial charge on any atom is -0.349 e. The fourth-order valence-electron chi connectivity index (χ4n) is 1.22. The molecule has 0 aromatic carbocycles. The Balaban J connectivity index is 4.32. The smallest absolute Gasteiger partial charge is 0.195 e. The monoisotopic (exact) mass is 247 g/mol. The number of guanidine groups is 1. The normalized spacial score (nSPS) is 13.2. The molecule has 0 aliphatic rings. The van der Waals surface area contributed by atoms with E-state index in [-0.39, 0.29) is 4.75 Å². The van der Waals surface area contributed by atoms with Crippen molar-refractivity contribution >= 4 is 16.8 Å². The fourth-order valence-corrected chi connectivity index (χ4v) is 2.09. The lowest BCUT2D eigenvalue weighted by atomic mass is 10.3. The Labute approximate surface area is 102 Å². The van der Waals surface area contributed by atoms with E-state index < -0.39 is 10.8 Å². The SMILES string of the molecule is CN(C)C(=NCC[S@](=O)C(C)(C)C)N(C)C. The lowest BCUT2D eigenvalue weighted by Gasteiger charge is -2.23. The van der Waals surface area contributed by atoms with Crippen LogP contribution in [0.5, 0.6) is 0 Å². The molecule has 0 saturated carbocycles. The molecule has 0 spiro atoms.